The molecule has 2 aromatic carbocycles. The Labute approximate surface area is 195 Å². The molecule has 5 heteroatoms. The number of phenolic OH excluding ortho intramolecular Hbond substituents is 2. The van der Waals surface area contributed by atoms with Crippen molar-refractivity contribution in [1.82, 2.24) is 14.9 Å². The van der Waals surface area contributed by atoms with E-state index in [1.165, 1.54) is 6.42 Å². The Morgan fingerprint density at radius 2 is 1.67 bits per heavy atom. The van der Waals surface area contributed by atoms with Gasteiger partial charge in [-0.1, -0.05) is 18.9 Å². The number of nitrogens with one attached hydrogen (secondary N) is 1. The molecule has 0 saturated heterocycles. The van der Waals surface area contributed by atoms with Crippen molar-refractivity contribution in [2.24, 2.45) is 0 Å². The van der Waals surface area contributed by atoms with E-state index in [0.29, 0.717) is 0 Å². The van der Waals surface area contributed by atoms with Gasteiger partial charge in [-0.25, -0.2) is 0 Å². The SMILES string of the molecule is Cc1c(-c2ccc(O)cc2)n(CCCCCCNC(C)c2ccccn2)c2ccc(O)cc12. The highest BCUT2D eigenvalue weighted by molar-refractivity contribution is 5.92. The van der Waals surface area contributed by atoms with E-state index in [-0.39, 0.29) is 17.5 Å². The minimum atomic E-state index is 0.266. The highest BCUT2D eigenvalue weighted by Crippen LogP contribution is 2.36. The van der Waals surface area contributed by atoms with Gasteiger partial charge in [0.25, 0.3) is 0 Å². The molecule has 2 heterocycles. The molecule has 4 rings (SSSR count). The molecule has 3 N–H and O–H groups in total. The Balaban J connectivity index is 1.37. The number of aryl methyl sites for hydroxylation is 2. The van der Waals surface area contributed by atoms with Crippen molar-refractivity contribution in [3.8, 4) is 22.8 Å². The molecule has 172 valence electrons. The molecule has 0 amide bonds. The summed E-state index contributed by atoms with van der Waals surface area (Å²) in [6, 6.07) is 19.3. The fraction of sp³-hybridized carbons (Fsp3) is 0.321. The summed E-state index contributed by atoms with van der Waals surface area (Å²) >= 11 is 0. The minimum absolute atomic E-state index is 0.266. The third-order valence-corrected chi connectivity index (χ3v) is 6.33. The van der Waals surface area contributed by atoms with Gasteiger partial charge in [-0.05, 0) is 99.0 Å². The van der Waals surface area contributed by atoms with Crippen LogP contribution in [0.2, 0.25) is 0 Å². The van der Waals surface area contributed by atoms with Crippen molar-refractivity contribution in [3.05, 3.63) is 78.1 Å². The van der Waals surface area contributed by atoms with Gasteiger partial charge in [-0.3, -0.25) is 4.98 Å². The summed E-state index contributed by atoms with van der Waals surface area (Å²) < 4.78 is 2.36. The number of fused-ring (bicyclic) bond motifs is 1. The zero-order valence-corrected chi connectivity index (χ0v) is 19.5. The third kappa shape index (κ3) is 5.37. The molecule has 0 aliphatic rings. The first-order valence-corrected chi connectivity index (χ1v) is 11.8. The van der Waals surface area contributed by atoms with Crippen molar-refractivity contribution in [3.63, 3.8) is 0 Å². The summed E-state index contributed by atoms with van der Waals surface area (Å²) in [7, 11) is 0. The summed E-state index contributed by atoms with van der Waals surface area (Å²) in [6.07, 6.45) is 6.40. The fourth-order valence-electron chi connectivity index (χ4n) is 4.54. The summed E-state index contributed by atoms with van der Waals surface area (Å²) in [4.78, 5) is 4.42. The predicted molar refractivity (Wildman–Crippen MR) is 135 cm³/mol. The highest BCUT2D eigenvalue weighted by Gasteiger charge is 2.16. The van der Waals surface area contributed by atoms with Gasteiger partial charge in [0, 0.05) is 29.7 Å². The molecule has 1 atom stereocenters. The summed E-state index contributed by atoms with van der Waals surface area (Å²) in [5, 5.41) is 24.4. The van der Waals surface area contributed by atoms with Crippen LogP contribution in [0.25, 0.3) is 22.2 Å². The first-order valence-electron chi connectivity index (χ1n) is 11.8. The molecule has 0 saturated carbocycles. The summed E-state index contributed by atoms with van der Waals surface area (Å²) in [5.41, 5.74) is 5.61. The van der Waals surface area contributed by atoms with Crippen LogP contribution in [0.1, 0.15) is 49.9 Å². The average molecular weight is 444 g/mol. The zero-order chi connectivity index (χ0) is 23.2. The van der Waals surface area contributed by atoms with E-state index >= 15 is 0 Å². The molecule has 1 unspecified atom stereocenters. The molecule has 0 radical (unpaired) electrons. The molecule has 4 aromatic rings. The van der Waals surface area contributed by atoms with Gasteiger partial charge >= 0.3 is 0 Å². The van der Waals surface area contributed by atoms with E-state index < -0.39 is 0 Å². The smallest absolute Gasteiger partial charge is 0.116 e. The van der Waals surface area contributed by atoms with Crippen LogP contribution in [0.5, 0.6) is 11.5 Å². The van der Waals surface area contributed by atoms with E-state index in [2.05, 4.69) is 34.8 Å². The van der Waals surface area contributed by atoms with Crippen molar-refractivity contribution < 1.29 is 10.2 Å². The van der Waals surface area contributed by atoms with Crippen LogP contribution >= 0.6 is 0 Å². The van der Waals surface area contributed by atoms with Crippen molar-refractivity contribution in [1.29, 1.82) is 0 Å². The normalized spacial score (nSPS) is 12.3. The number of hydrogen-bond donors (Lipinski definition) is 3. The highest BCUT2D eigenvalue weighted by atomic mass is 16.3. The Morgan fingerprint density at radius 1 is 0.909 bits per heavy atom. The van der Waals surface area contributed by atoms with Crippen LogP contribution in [-0.2, 0) is 6.54 Å². The zero-order valence-electron chi connectivity index (χ0n) is 19.5. The maximum Gasteiger partial charge on any atom is 0.116 e. The second-order valence-electron chi connectivity index (χ2n) is 8.72. The lowest BCUT2D eigenvalue weighted by atomic mass is 10.1. The molecule has 0 aliphatic heterocycles. The number of hydrogen-bond acceptors (Lipinski definition) is 4. The van der Waals surface area contributed by atoms with Crippen molar-refractivity contribution in [2.45, 2.75) is 52.1 Å². The van der Waals surface area contributed by atoms with Crippen LogP contribution < -0.4 is 5.32 Å². The maximum absolute atomic E-state index is 10.0. The number of nitrogens with zero attached hydrogens (tertiary/aromatic N) is 2. The number of aromatic hydroxyl groups is 2. The molecule has 0 fully saturated rings. The van der Waals surface area contributed by atoms with Gasteiger partial charge in [0.1, 0.15) is 11.5 Å². The van der Waals surface area contributed by atoms with Crippen molar-refractivity contribution in [2.75, 3.05) is 6.54 Å². The van der Waals surface area contributed by atoms with Gasteiger partial charge in [0.15, 0.2) is 0 Å². The quantitative estimate of drug-likeness (QED) is 0.250. The number of pyridine rings is 1. The first-order chi connectivity index (χ1) is 16.0. The lowest BCUT2D eigenvalue weighted by molar-refractivity contribution is 0.475. The van der Waals surface area contributed by atoms with Crippen LogP contribution in [0.3, 0.4) is 0 Å². The molecule has 0 aliphatic carbocycles. The monoisotopic (exact) mass is 443 g/mol. The van der Waals surface area contributed by atoms with Crippen LogP contribution in [0.4, 0.5) is 0 Å². The van der Waals surface area contributed by atoms with Gasteiger partial charge in [0.05, 0.1) is 11.4 Å². The standard InChI is InChI=1S/C28H33N3O2/c1-20-25-19-24(33)14-15-27(25)31(28(20)22-10-12-23(32)13-11-22)18-8-4-3-6-16-29-21(2)26-9-5-7-17-30-26/h5,7,9-15,17,19,21,29,32-33H,3-4,6,8,16,18H2,1-2H3. The molecule has 5 nitrogen and oxygen atoms in total. The van der Waals surface area contributed by atoms with E-state index in [1.807, 2.05) is 42.6 Å². The molecule has 0 spiro atoms. The van der Waals surface area contributed by atoms with Crippen LogP contribution in [0.15, 0.2) is 66.9 Å². The Bertz CT molecular complexity index is 1180. The molecule has 0 bridgehead atoms. The number of rotatable bonds is 10. The summed E-state index contributed by atoms with van der Waals surface area (Å²) in [6.45, 7) is 6.17. The maximum atomic E-state index is 10.0. The second-order valence-corrected chi connectivity index (χ2v) is 8.72. The molecular weight excluding hydrogens is 410 g/mol. The van der Waals surface area contributed by atoms with Gasteiger partial charge < -0.3 is 20.1 Å². The lowest BCUT2D eigenvalue weighted by Gasteiger charge is -2.14. The van der Waals surface area contributed by atoms with Gasteiger partial charge in [-0.2, -0.15) is 0 Å². The molecule has 2 aromatic heterocycles. The minimum Gasteiger partial charge on any atom is -0.508 e. The van der Waals surface area contributed by atoms with Crippen LogP contribution in [0, 0.1) is 6.92 Å². The number of aromatic nitrogens is 2. The van der Waals surface area contributed by atoms with Gasteiger partial charge in [0.2, 0.25) is 0 Å². The Hall–Kier alpha value is -3.31. The topological polar surface area (TPSA) is 70.3 Å². The first kappa shape index (κ1) is 22.9. The second kappa shape index (κ2) is 10.5. The van der Waals surface area contributed by atoms with E-state index in [0.717, 1.165) is 65.8 Å². The van der Waals surface area contributed by atoms with E-state index in [9.17, 15) is 10.2 Å². The third-order valence-electron chi connectivity index (χ3n) is 6.33. The van der Waals surface area contributed by atoms with E-state index in [1.54, 1.807) is 18.2 Å². The molecular formula is C28H33N3O2. The largest absolute Gasteiger partial charge is 0.508 e. The van der Waals surface area contributed by atoms with Gasteiger partial charge in [-0.15, -0.1) is 0 Å². The molecule has 33 heavy (non-hydrogen) atoms. The number of benzene rings is 2. The Morgan fingerprint density at radius 3 is 2.42 bits per heavy atom. The average Bonchev–Trinajstić information content (AvgIpc) is 3.10. The Kier molecular flexibility index (Phi) is 7.30. The number of unbranched alkanes of at least 4 members (excludes halogenated alkanes) is 3. The number of phenols is 2. The predicted octanol–water partition coefficient (Wildman–Crippen LogP) is 6.33. The van der Waals surface area contributed by atoms with E-state index in [4.69, 9.17) is 0 Å². The van der Waals surface area contributed by atoms with Crippen molar-refractivity contribution >= 4 is 10.9 Å². The lowest BCUT2D eigenvalue weighted by Crippen LogP contribution is -2.20. The summed E-state index contributed by atoms with van der Waals surface area (Å²) in [5.74, 6) is 0.551. The fourth-order valence-corrected chi connectivity index (χ4v) is 4.54. The van der Waals surface area contributed by atoms with Crippen LogP contribution in [-0.4, -0.2) is 26.3 Å².